The van der Waals surface area contributed by atoms with Crippen LogP contribution in [0.25, 0.3) is 0 Å². The summed E-state index contributed by atoms with van der Waals surface area (Å²) < 4.78 is 5.81. The quantitative estimate of drug-likeness (QED) is 0.384. The lowest BCUT2D eigenvalue weighted by molar-refractivity contribution is -0.116. The first-order valence-corrected chi connectivity index (χ1v) is 11.5. The maximum Gasteiger partial charge on any atom is 0.224 e. The van der Waals surface area contributed by atoms with Crippen LogP contribution < -0.4 is 15.4 Å². The summed E-state index contributed by atoms with van der Waals surface area (Å²) in [5.74, 6) is 1.53. The largest absolute Gasteiger partial charge is 0.494 e. The van der Waals surface area contributed by atoms with E-state index < -0.39 is 0 Å². The molecule has 1 heterocycles. The minimum Gasteiger partial charge on any atom is -0.494 e. The normalized spacial score (nSPS) is 11.2. The fourth-order valence-corrected chi connectivity index (χ4v) is 3.44. The molecule has 2 aromatic carbocycles. The minimum absolute atomic E-state index is 0.0218. The number of hydrogen-bond donors (Lipinski definition) is 2. The van der Waals surface area contributed by atoms with E-state index in [1.807, 2.05) is 43.3 Å². The van der Waals surface area contributed by atoms with Gasteiger partial charge in [-0.05, 0) is 60.6 Å². The highest BCUT2D eigenvalue weighted by Crippen LogP contribution is 2.25. The molecule has 3 aromatic rings. The Kier molecular flexibility index (Phi) is 8.04. The Morgan fingerprint density at radius 1 is 1.03 bits per heavy atom. The molecule has 2 N–H and O–H groups in total. The number of hydrogen-bond acceptors (Lipinski definition) is 5. The summed E-state index contributed by atoms with van der Waals surface area (Å²) in [5, 5.41) is 6.33. The van der Waals surface area contributed by atoms with Gasteiger partial charge in [-0.25, -0.2) is 9.97 Å². The van der Waals surface area contributed by atoms with Crippen molar-refractivity contribution < 1.29 is 9.53 Å². The highest BCUT2D eigenvalue weighted by atomic mass is 16.5. The maximum absolute atomic E-state index is 12.6. The molecule has 3 rings (SSSR count). The molecule has 0 unspecified atom stereocenters. The van der Waals surface area contributed by atoms with Gasteiger partial charge in [0.05, 0.1) is 6.61 Å². The van der Waals surface area contributed by atoms with Gasteiger partial charge in [0.1, 0.15) is 17.9 Å². The highest BCUT2D eigenvalue weighted by molar-refractivity contribution is 5.92. The first kappa shape index (κ1) is 24.2. The molecule has 0 spiro atoms. The van der Waals surface area contributed by atoms with Crippen molar-refractivity contribution in [3.05, 3.63) is 71.7 Å². The molecule has 0 saturated heterocycles. The van der Waals surface area contributed by atoms with Crippen LogP contribution in [0, 0.1) is 6.92 Å². The molecule has 0 atom stereocenters. The second-order valence-corrected chi connectivity index (χ2v) is 9.17. The molecule has 33 heavy (non-hydrogen) atoms. The van der Waals surface area contributed by atoms with Gasteiger partial charge in [-0.3, -0.25) is 4.79 Å². The van der Waals surface area contributed by atoms with Crippen LogP contribution in [-0.4, -0.2) is 22.5 Å². The molecule has 0 radical (unpaired) electrons. The van der Waals surface area contributed by atoms with Gasteiger partial charge in [-0.15, -0.1) is 0 Å². The number of carbonyl (C=O) groups is 1. The molecule has 6 nitrogen and oxygen atoms in total. The summed E-state index contributed by atoms with van der Waals surface area (Å²) in [6.07, 6.45) is 3.40. The predicted octanol–water partition coefficient (Wildman–Crippen LogP) is 6.19. The van der Waals surface area contributed by atoms with Gasteiger partial charge in [0, 0.05) is 29.6 Å². The van der Waals surface area contributed by atoms with E-state index in [1.165, 1.54) is 11.9 Å². The van der Waals surface area contributed by atoms with Crippen LogP contribution >= 0.6 is 0 Å². The van der Waals surface area contributed by atoms with E-state index in [0.29, 0.717) is 19.4 Å². The average molecular weight is 447 g/mol. The first-order chi connectivity index (χ1) is 15.7. The number of aryl methyl sites for hydroxylation is 2. The Labute approximate surface area is 196 Å². The van der Waals surface area contributed by atoms with Gasteiger partial charge in [0.25, 0.3) is 0 Å². The molecule has 1 aromatic heterocycles. The number of ether oxygens (including phenoxy) is 1. The number of amides is 1. The average Bonchev–Trinajstić information content (AvgIpc) is 2.77. The van der Waals surface area contributed by atoms with Crippen LogP contribution in [0.5, 0.6) is 5.75 Å². The van der Waals surface area contributed by atoms with E-state index in [1.54, 1.807) is 0 Å². The van der Waals surface area contributed by atoms with Crippen molar-refractivity contribution in [2.45, 2.75) is 59.3 Å². The zero-order valence-electron chi connectivity index (χ0n) is 20.2. The summed E-state index contributed by atoms with van der Waals surface area (Å²) in [6, 6.07) is 16.0. The number of nitrogens with one attached hydrogen (secondary N) is 2. The van der Waals surface area contributed by atoms with Crippen molar-refractivity contribution in [3.63, 3.8) is 0 Å². The van der Waals surface area contributed by atoms with Gasteiger partial charge in [0.2, 0.25) is 5.91 Å². The molecule has 0 fully saturated rings. The van der Waals surface area contributed by atoms with Crippen molar-refractivity contribution in [2.75, 3.05) is 17.2 Å². The summed E-state index contributed by atoms with van der Waals surface area (Å²) in [5.41, 5.74) is 5.04. The lowest BCUT2D eigenvalue weighted by Crippen LogP contribution is -2.14. The Morgan fingerprint density at radius 2 is 1.79 bits per heavy atom. The van der Waals surface area contributed by atoms with Crippen molar-refractivity contribution in [1.82, 2.24) is 9.97 Å². The molecule has 0 bridgehead atoms. The topological polar surface area (TPSA) is 76.1 Å². The molecule has 6 heteroatoms. The summed E-state index contributed by atoms with van der Waals surface area (Å²) >= 11 is 0. The molecular formula is C27H34N4O2. The third kappa shape index (κ3) is 7.31. The van der Waals surface area contributed by atoms with Crippen LogP contribution in [0.15, 0.2) is 54.9 Å². The Bertz CT molecular complexity index is 1070. The lowest BCUT2D eigenvalue weighted by Gasteiger charge is -2.19. The number of rotatable bonds is 9. The molecule has 0 aliphatic rings. The van der Waals surface area contributed by atoms with Crippen LogP contribution in [0.2, 0.25) is 0 Å². The highest BCUT2D eigenvalue weighted by Gasteiger charge is 2.13. The standard InChI is InChI=1S/C27H34N4O2/c1-6-20-9-12-22(30-25-16-19(2)28-18-29-25)17-24(20)31-26(32)8-7-15-33-23-13-10-21(11-14-23)27(3,4)5/h9-14,16-18H,6-8,15H2,1-5H3,(H,31,32)(H,28,29,30). The first-order valence-electron chi connectivity index (χ1n) is 11.5. The number of anilines is 3. The van der Waals surface area contributed by atoms with Crippen molar-refractivity contribution >= 4 is 23.1 Å². The third-order valence-corrected chi connectivity index (χ3v) is 5.38. The Balaban J connectivity index is 1.51. The Morgan fingerprint density at radius 3 is 2.45 bits per heavy atom. The van der Waals surface area contributed by atoms with Gasteiger partial charge < -0.3 is 15.4 Å². The second-order valence-electron chi connectivity index (χ2n) is 9.17. The van der Waals surface area contributed by atoms with E-state index in [2.05, 4.69) is 60.4 Å². The van der Waals surface area contributed by atoms with Crippen LogP contribution in [0.4, 0.5) is 17.2 Å². The van der Waals surface area contributed by atoms with E-state index in [0.717, 1.165) is 40.6 Å². The number of aromatic nitrogens is 2. The van der Waals surface area contributed by atoms with Crippen LogP contribution in [-0.2, 0) is 16.6 Å². The van der Waals surface area contributed by atoms with Gasteiger partial charge in [-0.1, -0.05) is 45.9 Å². The summed E-state index contributed by atoms with van der Waals surface area (Å²) in [6.45, 7) is 11.1. The van der Waals surface area contributed by atoms with Gasteiger partial charge in [-0.2, -0.15) is 0 Å². The number of benzene rings is 2. The van der Waals surface area contributed by atoms with Crippen LogP contribution in [0.3, 0.4) is 0 Å². The van der Waals surface area contributed by atoms with E-state index in [9.17, 15) is 4.79 Å². The summed E-state index contributed by atoms with van der Waals surface area (Å²) in [4.78, 5) is 20.9. The number of nitrogens with zero attached hydrogens (tertiary/aromatic N) is 2. The smallest absolute Gasteiger partial charge is 0.224 e. The molecule has 0 aliphatic heterocycles. The molecule has 174 valence electrons. The second kappa shape index (κ2) is 10.9. The van der Waals surface area contributed by atoms with Gasteiger partial charge in [0.15, 0.2) is 0 Å². The van der Waals surface area contributed by atoms with Crippen molar-refractivity contribution in [2.24, 2.45) is 0 Å². The van der Waals surface area contributed by atoms with Crippen LogP contribution in [0.1, 0.15) is 57.4 Å². The van der Waals surface area contributed by atoms with E-state index in [-0.39, 0.29) is 11.3 Å². The lowest BCUT2D eigenvalue weighted by atomic mass is 9.87. The maximum atomic E-state index is 12.6. The van der Waals surface area contributed by atoms with Crippen molar-refractivity contribution in [3.8, 4) is 5.75 Å². The fraction of sp³-hybridized carbons (Fsp3) is 0.370. The molecule has 0 saturated carbocycles. The zero-order chi connectivity index (χ0) is 23.8. The zero-order valence-corrected chi connectivity index (χ0v) is 20.2. The molecular weight excluding hydrogens is 412 g/mol. The number of carbonyl (C=O) groups excluding carboxylic acids is 1. The van der Waals surface area contributed by atoms with E-state index >= 15 is 0 Å². The Hall–Kier alpha value is -3.41. The monoisotopic (exact) mass is 446 g/mol. The molecule has 0 aliphatic carbocycles. The SMILES string of the molecule is CCc1ccc(Nc2cc(C)ncn2)cc1NC(=O)CCCOc1ccc(C(C)(C)C)cc1. The van der Waals surface area contributed by atoms with Gasteiger partial charge >= 0.3 is 0 Å². The fourth-order valence-electron chi connectivity index (χ4n) is 3.44. The predicted molar refractivity (Wildman–Crippen MR) is 134 cm³/mol. The van der Waals surface area contributed by atoms with Crippen molar-refractivity contribution in [1.29, 1.82) is 0 Å². The third-order valence-electron chi connectivity index (χ3n) is 5.38. The van der Waals surface area contributed by atoms with E-state index in [4.69, 9.17) is 4.74 Å². The summed E-state index contributed by atoms with van der Waals surface area (Å²) in [7, 11) is 0. The molecule has 1 amide bonds. The minimum atomic E-state index is -0.0218.